The summed E-state index contributed by atoms with van der Waals surface area (Å²) in [5.74, 6) is -0.391. The molecule has 2 aliphatic heterocycles. The average Bonchev–Trinajstić information content (AvgIpc) is 2.97. The number of para-hydroxylation sites is 1. The minimum Gasteiger partial charge on any atom is -0.465 e. The van der Waals surface area contributed by atoms with E-state index >= 15 is 0 Å². The second-order valence-electron chi connectivity index (χ2n) is 10.5. The quantitative estimate of drug-likeness (QED) is 0.385. The molecule has 0 spiro atoms. The first-order valence-corrected chi connectivity index (χ1v) is 13.9. The fourth-order valence-electron chi connectivity index (χ4n) is 5.80. The lowest BCUT2D eigenvalue weighted by Crippen LogP contribution is -2.58. The summed E-state index contributed by atoms with van der Waals surface area (Å²) in [6.07, 6.45) is 0.892. The lowest BCUT2D eigenvalue weighted by Gasteiger charge is -2.37. The molecule has 3 aromatic carbocycles. The van der Waals surface area contributed by atoms with Crippen LogP contribution in [0.25, 0.3) is 0 Å². The molecule has 0 aromatic heterocycles. The number of carboxylic acid groups (broad SMARTS) is 1. The van der Waals surface area contributed by atoms with Gasteiger partial charge >= 0.3 is 6.09 Å². The van der Waals surface area contributed by atoms with E-state index in [-0.39, 0.29) is 31.2 Å². The summed E-state index contributed by atoms with van der Waals surface area (Å²) in [4.78, 5) is 42.5. The zero-order valence-corrected chi connectivity index (χ0v) is 22.9. The van der Waals surface area contributed by atoms with Crippen LogP contribution in [0, 0.1) is 0 Å². The van der Waals surface area contributed by atoms with Gasteiger partial charge in [-0.2, -0.15) is 0 Å². The molecule has 0 radical (unpaired) electrons. The maximum absolute atomic E-state index is 13.8. The van der Waals surface area contributed by atoms with Crippen LogP contribution in [-0.4, -0.2) is 58.0 Å². The summed E-state index contributed by atoms with van der Waals surface area (Å²) in [7, 11) is 0. The summed E-state index contributed by atoms with van der Waals surface area (Å²) in [6, 6.07) is 20.7. The Morgan fingerprint density at radius 3 is 2.27 bits per heavy atom. The van der Waals surface area contributed by atoms with Crippen LogP contribution in [-0.2, 0) is 29.0 Å². The van der Waals surface area contributed by atoms with Gasteiger partial charge in [0.2, 0.25) is 11.8 Å². The van der Waals surface area contributed by atoms with E-state index in [0.717, 1.165) is 45.7 Å². The molecule has 2 heterocycles. The molecule has 40 heavy (non-hydrogen) atoms. The number of nitrogens with zero attached hydrogens (tertiary/aromatic N) is 2. The van der Waals surface area contributed by atoms with Crippen molar-refractivity contribution in [1.82, 2.24) is 15.1 Å². The Bertz CT molecular complexity index is 1390. The highest BCUT2D eigenvalue weighted by atomic mass is 35.5. The third-order valence-corrected chi connectivity index (χ3v) is 8.26. The van der Waals surface area contributed by atoms with Crippen molar-refractivity contribution in [2.24, 2.45) is 0 Å². The highest BCUT2D eigenvalue weighted by Crippen LogP contribution is 2.32. The minimum atomic E-state index is -1.17. The molecule has 0 bridgehead atoms. The van der Waals surface area contributed by atoms with E-state index in [0.29, 0.717) is 18.1 Å². The van der Waals surface area contributed by atoms with Gasteiger partial charge in [0.1, 0.15) is 12.1 Å². The topological polar surface area (TPSA) is 116 Å². The number of rotatable bonds is 6. The van der Waals surface area contributed by atoms with Crippen molar-refractivity contribution in [2.45, 2.75) is 50.2 Å². The average molecular weight is 561 g/mol. The maximum atomic E-state index is 13.8. The molecule has 0 saturated carbocycles. The smallest absolute Gasteiger partial charge is 0.408 e. The number of halogens is 1. The zero-order valence-electron chi connectivity index (χ0n) is 22.1. The van der Waals surface area contributed by atoms with E-state index in [9.17, 15) is 19.5 Å². The van der Waals surface area contributed by atoms with Crippen molar-refractivity contribution >= 4 is 35.2 Å². The second-order valence-corrected chi connectivity index (χ2v) is 11.0. The summed E-state index contributed by atoms with van der Waals surface area (Å²) in [5.41, 5.74) is 10.7. The van der Waals surface area contributed by atoms with Crippen LogP contribution in [0.4, 0.5) is 10.5 Å². The number of hydrogen-bond acceptors (Lipinski definition) is 4. The highest BCUT2D eigenvalue weighted by molar-refractivity contribution is 6.30. The van der Waals surface area contributed by atoms with Gasteiger partial charge in [-0.05, 0) is 59.2 Å². The SMILES string of the molecule is Nc1ccccc1C1CCN(C(=O)[C@@H](Cc2ccc(Cl)cc2)NC(=O)[C@@H]2Cc3ccccc3CN2C(=O)O)CC1. The normalized spacial score (nSPS) is 18.1. The van der Waals surface area contributed by atoms with Gasteiger partial charge in [0, 0.05) is 36.6 Å². The highest BCUT2D eigenvalue weighted by Gasteiger charge is 2.37. The van der Waals surface area contributed by atoms with Crippen LogP contribution in [0.1, 0.15) is 41.0 Å². The summed E-state index contributed by atoms with van der Waals surface area (Å²) >= 11 is 6.07. The Morgan fingerprint density at radius 1 is 0.950 bits per heavy atom. The number of benzene rings is 3. The Hall–Kier alpha value is -4.04. The van der Waals surface area contributed by atoms with Gasteiger partial charge in [0.05, 0.1) is 6.54 Å². The number of nitrogens with two attached hydrogens (primary N) is 1. The molecular formula is C31H33ClN4O4. The van der Waals surface area contributed by atoms with E-state index < -0.39 is 24.1 Å². The number of amides is 3. The minimum absolute atomic E-state index is 0.121. The van der Waals surface area contributed by atoms with Gasteiger partial charge in [0.25, 0.3) is 0 Å². The van der Waals surface area contributed by atoms with Gasteiger partial charge in [-0.15, -0.1) is 0 Å². The van der Waals surface area contributed by atoms with Crippen LogP contribution in [0.2, 0.25) is 5.02 Å². The molecule has 3 amide bonds. The van der Waals surface area contributed by atoms with Gasteiger partial charge in [-0.3, -0.25) is 14.5 Å². The van der Waals surface area contributed by atoms with Crippen molar-refractivity contribution in [2.75, 3.05) is 18.8 Å². The number of piperidine rings is 1. The fourth-order valence-corrected chi connectivity index (χ4v) is 5.92. The van der Waals surface area contributed by atoms with Crippen LogP contribution in [0.15, 0.2) is 72.8 Å². The molecule has 1 fully saturated rings. The molecule has 5 rings (SSSR count). The van der Waals surface area contributed by atoms with Gasteiger partial charge in [0.15, 0.2) is 0 Å². The summed E-state index contributed by atoms with van der Waals surface area (Å²) in [6.45, 7) is 1.21. The Labute approximate surface area is 238 Å². The van der Waals surface area contributed by atoms with E-state index in [4.69, 9.17) is 17.3 Å². The summed E-state index contributed by atoms with van der Waals surface area (Å²) < 4.78 is 0. The third kappa shape index (κ3) is 6.07. The van der Waals surface area contributed by atoms with E-state index in [1.807, 2.05) is 60.7 Å². The summed E-state index contributed by atoms with van der Waals surface area (Å²) in [5, 5.41) is 13.4. The van der Waals surface area contributed by atoms with E-state index in [1.165, 1.54) is 0 Å². The number of hydrogen-bond donors (Lipinski definition) is 3. The maximum Gasteiger partial charge on any atom is 0.408 e. The first-order chi connectivity index (χ1) is 19.3. The van der Waals surface area contributed by atoms with Crippen LogP contribution < -0.4 is 11.1 Å². The number of nitrogens with one attached hydrogen (secondary N) is 1. The molecule has 1 saturated heterocycles. The second kappa shape index (κ2) is 12.0. The Kier molecular flexibility index (Phi) is 8.26. The van der Waals surface area contributed by atoms with Gasteiger partial charge in [-0.25, -0.2) is 4.79 Å². The van der Waals surface area contributed by atoms with Crippen LogP contribution >= 0.6 is 11.6 Å². The van der Waals surface area contributed by atoms with Crippen molar-refractivity contribution in [3.8, 4) is 0 Å². The molecule has 9 heteroatoms. The number of fused-ring (bicyclic) bond motifs is 1. The fraction of sp³-hybridized carbons (Fsp3) is 0.323. The zero-order chi connectivity index (χ0) is 28.2. The number of likely N-dealkylation sites (tertiary alicyclic amines) is 1. The van der Waals surface area contributed by atoms with Crippen molar-refractivity contribution in [3.63, 3.8) is 0 Å². The molecule has 208 valence electrons. The Morgan fingerprint density at radius 2 is 1.60 bits per heavy atom. The molecular weight excluding hydrogens is 528 g/mol. The standard InChI is InChI=1S/C31H33ClN4O4/c32-24-11-9-20(10-12-24)17-27(30(38)35-15-13-21(14-16-35)25-7-3-4-8-26(25)33)34-29(37)28-18-22-5-1-2-6-23(22)19-36(28)31(39)40/h1-12,21,27-28H,13-19,33H2,(H,34,37)(H,39,40)/t27-,28+/m1/s1. The van der Waals surface area contributed by atoms with Crippen LogP contribution in [0.5, 0.6) is 0 Å². The molecule has 2 aliphatic rings. The molecule has 0 unspecified atom stereocenters. The number of nitrogen functional groups attached to an aromatic ring is 1. The van der Waals surface area contributed by atoms with Crippen LogP contribution in [0.3, 0.4) is 0 Å². The van der Waals surface area contributed by atoms with Gasteiger partial charge < -0.3 is 21.1 Å². The molecule has 0 aliphatic carbocycles. The number of anilines is 1. The van der Waals surface area contributed by atoms with Gasteiger partial charge in [-0.1, -0.05) is 66.2 Å². The lowest BCUT2D eigenvalue weighted by molar-refractivity contribution is -0.138. The first kappa shape index (κ1) is 27.5. The largest absolute Gasteiger partial charge is 0.465 e. The number of carbonyl (C=O) groups excluding carboxylic acids is 2. The van der Waals surface area contributed by atoms with Crippen molar-refractivity contribution < 1.29 is 19.5 Å². The van der Waals surface area contributed by atoms with E-state index in [2.05, 4.69) is 5.32 Å². The van der Waals surface area contributed by atoms with Crippen molar-refractivity contribution in [1.29, 1.82) is 0 Å². The lowest BCUT2D eigenvalue weighted by atomic mass is 9.88. The van der Waals surface area contributed by atoms with E-state index in [1.54, 1.807) is 17.0 Å². The monoisotopic (exact) mass is 560 g/mol. The third-order valence-electron chi connectivity index (χ3n) is 8.01. The first-order valence-electron chi connectivity index (χ1n) is 13.5. The molecule has 3 aromatic rings. The predicted octanol–water partition coefficient (Wildman–Crippen LogP) is 4.46. The predicted molar refractivity (Wildman–Crippen MR) is 154 cm³/mol. The van der Waals surface area contributed by atoms with Crippen molar-refractivity contribution in [3.05, 3.63) is 100 Å². The molecule has 8 nitrogen and oxygen atoms in total. The number of carbonyl (C=O) groups is 3. The Balaban J connectivity index is 1.33. The molecule has 2 atom stereocenters. The molecule has 4 N–H and O–H groups in total.